The van der Waals surface area contributed by atoms with Crippen molar-refractivity contribution in [2.24, 2.45) is 5.92 Å². The Labute approximate surface area is 213 Å². The first-order chi connectivity index (χ1) is 17.1. The van der Waals surface area contributed by atoms with Crippen LogP contribution in [-0.2, 0) is 4.79 Å². The van der Waals surface area contributed by atoms with Crippen LogP contribution in [0.4, 0.5) is 0 Å². The van der Waals surface area contributed by atoms with E-state index in [-0.39, 0.29) is 5.97 Å². The van der Waals surface area contributed by atoms with Crippen molar-refractivity contribution in [3.63, 3.8) is 0 Å². The molecule has 0 radical (unpaired) electrons. The van der Waals surface area contributed by atoms with Gasteiger partial charge in [0.05, 0.1) is 18.5 Å². The van der Waals surface area contributed by atoms with Gasteiger partial charge in [-0.2, -0.15) is 0 Å². The molecule has 4 heteroatoms. The topological polar surface area (TPSA) is 48.4 Å². The molecule has 1 atom stereocenters. The molecule has 1 aromatic carbocycles. The van der Waals surface area contributed by atoms with Gasteiger partial charge in [0.1, 0.15) is 11.5 Å². The van der Waals surface area contributed by atoms with Crippen LogP contribution in [0.15, 0.2) is 42.6 Å². The minimum absolute atomic E-state index is 0.159. The summed E-state index contributed by atoms with van der Waals surface area (Å²) in [4.78, 5) is 16.6. The number of unbranched alkanes of at least 4 members (excludes halogenated alkanes) is 9. The molecule has 0 saturated heterocycles. The zero-order valence-electron chi connectivity index (χ0n) is 22.4. The van der Waals surface area contributed by atoms with Crippen LogP contribution in [0.2, 0.25) is 0 Å². The number of carbonyl (C=O) groups excluding carboxylic acids is 1. The monoisotopic (exact) mass is 481 g/mol. The summed E-state index contributed by atoms with van der Waals surface area (Å²) in [5.74, 6) is 1.97. The van der Waals surface area contributed by atoms with E-state index in [2.05, 4.69) is 25.8 Å². The number of pyridine rings is 1. The first-order valence-corrected chi connectivity index (χ1v) is 14.0. The highest BCUT2D eigenvalue weighted by atomic mass is 16.5. The van der Waals surface area contributed by atoms with E-state index in [0.717, 1.165) is 48.8 Å². The van der Waals surface area contributed by atoms with Crippen molar-refractivity contribution in [3.8, 4) is 22.8 Å². The van der Waals surface area contributed by atoms with Crippen molar-refractivity contribution < 1.29 is 14.3 Å². The lowest BCUT2D eigenvalue weighted by molar-refractivity contribution is -0.134. The van der Waals surface area contributed by atoms with E-state index in [1.165, 1.54) is 64.2 Å². The second-order valence-electron chi connectivity index (χ2n) is 9.81. The molecule has 4 nitrogen and oxygen atoms in total. The van der Waals surface area contributed by atoms with Crippen LogP contribution in [0.5, 0.6) is 11.5 Å². The fourth-order valence-electron chi connectivity index (χ4n) is 4.08. The van der Waals surface area contributed by atoms with Gasteiger partial charge >= 0.3 is 5.97 Å². The summed E-state index contributed by atoms with van der Waals surface area (Å²) >= 11 is 0. The number of nitrogens with zero attached hydrogens (tertiary/aromatic N) is 1. The van der Waals surface area contributed by atoms with Gasteiger partial charge in [0.15, 0.2) is 0 Å². The van der Waals surface area contributed by atoms with E-state index in [1.54, 1.807) is 6.20 Å². The lowest BCUT2D eigenvalue weighted by Crippen LogP contribution is -2.07. The Balaban J connectivity index is 1.63. The second-order valence-corrected chi connectivity index (χ2v) is 9.81. The van der Waals surface area contributed by atoms with Crippen molar-refractivity contribution in [2.75, 3.05) is 6.61 Å². The SMILES string of the molecule is CCCCCCCCCCCOc1ccc(-c2ccc(OC(=O)CCCCC(C)CC)cc2)nc1. The predicted octanol–water partition coefficient (Wildman–Crippen LogP) is 9.17. The van der Waals surface area contributed by atoms with Crippen LogP contribution in [-0.4, -0.2) is 17.6 Å². The normalized spacial score (nSPS) is 11.9. The number of rotatable bonds is 19. The highest BCUT2D eigenvalue weighted by molar-refractivity contribution is 5.72. The maximum atomic E-state index is 12.1. The quantitative estimate of drug-likeness (QED) is 0.114. The van der Waals surface area contributed by atoms with Crippen LogP contribution in [0.3, 0.4) is 0 Å². The zero-order valence-corrected chi connectivity index (χ0v) is 22.4. The van der Waals surface area contributed by atoms with Crippen molar-refractivity contribution in [3.05, 3.63) is 42.6 Å². The van der Waals surface area contributed by atoms with Crippen molar-refractivity contribution in [1.82, 2.24) is 4.98 Å². The molecule has 1 unspecified atom stereocenters. The van der Waals surface area contributed by atoms with Gasteiger partial charge in [-0.3, -0.25) is 9.78 Å². The molecule has 0 bridgehead atoms. The van der Waals surface area contributed by atoms with Crippen molar-refractivity contribution in [2.45, 2.75) is 111 Å². The summed E-state index contributed by atoms with van der Waals surface area (Å²) in [5.41, 5.74) is 1.87. The maximum absolute atomic E-state index is 12.1. The molecule has 0 aliphatic heterocycles. The summed E-state index contributed by atoms with van der Waals surface area (Å²) in [5, 5.41) is 0. The Morgan fingerprint density at radius 1 is 0.800 bits per heavy atom. The fourth-order valence-corrected chi connectivity index (χ4v) is 4.08. The van der Waals surface area contributed by atoms with Gasteiger partial charge in [-0.05, 0) is 55.2 Å². The average Bonchev–Trinajstić information content (AvgIpc) is 2.88. The Bertz CT molecular complexity index is 801. The van der Waals surface area contributed by atoms with Gasteiger partial charge < -0.3 is 9.47 Å². The highest BCUT2D eigenvalue weighted by Gasteiger charge is 2.07. The maximum Gasteiger partial charge on any atom is 0.311 e. The van der Waals surface area contributed by atoms with Crippen LogP contribution in [0, 0.1) is 5.92 Å². The molecule has 0 aliphatic carbocycles. The zero-order chi connectivity index (χ0) is 25.1. The van der Waals surface area contributed by atoms with Crippen LogP contribution in [0.25, 0.3) is 11.3 Å². The number of hydrogen-bond acceptors (Lipinski definition) is 4. The van der Waals surface area contributed by atoms with E-state index >= 15 is 0 Å². The minimum atomic E-state index is -0.159. The van der Waals surface area contributed by atoms with Gasteiger partial charge in [-0.25, -0.2) is 0 Å². The van der Waals surface area contributed by atoms with Crippen LogP contribution >= 0.6 is 0 Å². The molecule has 0 saturated carbocycles. The standard InChI is InChI=1S/C31H47NO3/c1-4-6-7-8-9-10-11-12-15-24-34-29-22-23-30(32-25-29)27-18-20-28(21-19-27)35-31(33)17-14-13-16-26(3)5-2/h18-23,25-26H,4-17,24H2,1-3H3. The summed E-state index contributed by atoms with van der Waals surface area (Å²) in [7, 11) is 0. The smallest absolute Gasteiger partial charge is 0.311 e. The van der Waals surface area contributed by atoms with Gasteiger partial charge in [0.25, 0.3) is 0 Å². The molecular formula is C31H47NO3. The lowest BCUT2D eigenvalue weighted by Gasteiger charge is -2.09. The molecule has 35 heavy (non-hydrogen) atoms. The highest BCUT2D eigenvalue weighted by Crippen LogP contribution is 2.23. The molecule has 1 heterocycles. The number of hydrogen-bond donors (Lipinski definition) is 0. The summed E-state index contributed by atoms with van der Waals surface area (Å²) in [6.45, 7) is 7.47. The third-order valence-electron chi connectivity index (χ3n) is 6.66. The number of benzene rings is 1. The Hall–Kier alpha value is -2.36. The summed E-state index contributed by atoms with van der Waals surface area (Å²) in [6, 6.07) is 11.5. The average molecular weight is 482 g/mol. The Morgan fingerprint density at radius 3 is 2.09 bits per heavy atom. The molecule has 2 rings (SSSR count). The third kappa shape index (κ3) is 12.8. The van der Waals surface area contributed by atoms with Crippen molar-refractivity contribution >= 4 is 5.97 Å². The first kappa shape index (κ1) is 28.9. The molecule has 0 N–H and O–H groups in total. The largest absolute Gasteiger partial charge is 0.492 e. The van der Waals surface area contributed by atoms with Gasteiger partial charge in [-0.15, -0.1) is 0 Å². The minimum Gasteiger partial charge on any atom is -0.492 e. The van der Waals surface area contributed by atoms with Gasteiger partial charge in [0.2, 0.25) is 0 Å². The molecule has 0 spiro atoms. The number of aromatic nitrogens is 1. The third-order valence-corrected chi connectivity index (χ3v) is 6.66. The van der Waals surface area contributed by atoms with E-state index in [9.17, 15) is 4.79 Å². The van der Waals surface area contributed by atoms with E-state index in [4.69, 9.17) is 9.47 Å². The van der Waals surface area contributed by atoms with Gasteiger partial charge in [0, 0.05) is 12.0 Å². The number of esters is 1. The fraction of sp³-hybridized carbons (Fsp3) is 0.613. The molecule has 0 amide bonds. The second kappa shape index (κ2) is 18.0. The number of carbonyl (C=O) groups is 1. The first-order valence-electron chi connectivity index (χ1n) is 14.0. The van der Waals surface area contributed by atoms with Gasteiger partial charge in [-0.1, -0.05) is 91.4 Å². The Morgan fingerprint density at radius 2 is 1.46 bits per heavy atom. The molecule has 2 aromatic rings. The summed E-state index contributed by atoms with van der Waals surface area (Å²) < 4.78 is 11.3. The van der Waals surface area contributed by atoms with E-state index in [0.29, 0.717) is 12.2 Å². The molecule has 194 valence electrons. The lowest BCUT2D eigenvalue weighted by atomic mass is 10.0. The van der Waals surface area contributed by atoms with Crippen LogP contribution in [0.1, 0.15) is 111 Å². The predicted molar refractivity (Wildman–Crippen MR) is 146 cm³/mol. The molecule has 0 fully saturated rings. The van der Waals surface area contributed by atoms with E-state index in [1.807, 2.05) is 36.4 Å². The molecule has 0 aliphatic rings. The van der Waals surface area contributed by atoms with Crippen molar-refractivity contribution in [1.29, 1.82) is 0 Å². The number of ether oxygens (including phenoxy) is 2. The Kier molecular flexibility index (Phi) is 14.8. The van der Waals surface area contributed by atoms with Crippen LogP contribution < -0.4 is 9.47 Å². The summed E-state index contributed by atoms with van der Waals surface area (Å²) in [6.07, 6.45) is 18.4. The molecule has 1 aromatic heterocycles. The van der Waals surface area contributed by atoms with E-state index < -0.39 is 0 Å². The molecular weight excluding hydrogens is 434 g/mol.